The van der Waals surface area contributed by atoms with Crippen LogP contribution in [-0.2, 0) is 25.7 Å². The molecule has 0 amide bonds. The van der Waals surface area contributed by atoms with Gasteiger partial charge in [0.15, 0.2) is 34.5 Å². The van der Waals surface area contributed by atoms with Crippen molar-refractivity contribution in [3.8, 4) is 40.2 Å². The zero-order valence-corrected chi connectivity index (χ0v) is 27.6. The summed E-state index contributed by atoms with van der Waals surface area (Å²) in [6, 6.07) is 22.9. The average Bonchev–Trinajstić information content (AvgIpc) is 3.07. The fourth-order valence-corrected chi connectivity index (χ4v) is 6.89. The first-order valence-electron chi connectivity index (χ1n) is 15.8. The predicted octanol–water partition coefficient (Wildman–Crippen LogP) is 6.76. The molecular formula is C38H44N2O6. The summed E-state index contributed by atoms with van der Waals surface area (Å²) in [6.07, 6.45) is 3.53. The molecule has 4 aromatic carbocycles. The largest absolute Gasteiger partial charge is 0.504 e. The van der Waals surface area contributed by atoms with Crippen LogP contribution >= 0.6 is 0 Å². The average molecular weight is 625 g/mol. The van der Waals surface area contributed by atoms with Crippen molar-refractivity contribution >= 4 is 0 Å². The summed E-state index contributed by atoms with van der Waals surface area (Å²) in [7, 11) is 11.0. The van der Waals surface area contributed by atoms with Crippen molar-refractivity contribution in [1.29, 1.82) is 0 Å². The Bertz CT molecular complexity index is 1690. The number of ether oxygens (including phenoxy) is 5. The number of fused-ring (bicyclic) bond motifs is 2. The lowest BCUT2D eigenvalue weighted by Crippen LogP contribution is -2.33. The molecule has 2 heterocycles. The van der Waals surface area contributed by atoms with E-state index in [9.17, 15) is 5.11 Å². The smallest absolute Gasteiger partial charge is 0.169 e. The Balaban J connectivity index is 1.20. The van der Waals surface area contributed by atoms with Crippen molar-refractivity contribution < 1.29 is 28.8 Å². The number of hydrogen-bond donors (Lipinski definition) is 1. The minimum absolute atomic E-state index is 0.142. The molecule has 0 spiro atoms. The minimum Gasteiger partial charge on any atom is -0.504 e. The minimum atomic E-state index is 0.142. The lowest BCUT2D eigenvalue weighted by molar-refractivity contribution is 0.228. The van der Waals surface area contributed by atoms with Crippen molar-refractivity contribution in [2.24, 2.45) is 0 Å². The molecule has 0 radical (unpaired) electrons. The van der Waals surface area contributed by atoms with Gasteiger partial charge in [-0.2, -0.15) is 0 Å². The van der Waals surface area contributed by atoms with Gasteiger partial charge in [0, 0.05) is 25.2 Å². The normalized spacial score (nSPS) is 18.0. The third kappa shape index (κ3) is 6.32. The van der Waals surface area contributed by atoms with Gasteiger partial charge in [-0.25, -0.2) is 0 Å². The van der Waals surface area contributed by atoms with Crippen LogP contribution in [0.5, 0.6) is 40.2 Å². The number of aromatic hydroxyl groups is 1. The van der Waals surface area contributed by atoms with E-state index in [1.165, 1.54) is 22.3 Å². The van der Waals surface area contributed by atoms with Crippen LogP contribution in [0.3, 0.4) is 0 Å². The Kier molecular flexibility index (Phi) is 9.29. The highest BCUT2D eigenvalue weighted by Gasteiger charge is 2.28. The molecule has 2 aliphatic heterocycles. The fraction of sp³-hybridized carbons (Fsp3) is 0.368. The fourth-order valence-electron chi connectivity index (χ4n) is 6.89. The lowest BCUT2D eigenvalue weighted by atomic mass is 9.88. The van der Waals surface area contributed by atoms with Gasteiger partial charge in [-0.3, -0.25) is 9.80 Å². The maximum absolute atomic E-state index is 10.3. The summed E-state index contributed by atoms with van der Waals surface area (Å²) in [6.45, 7) is 1.90. The predicted molar refractivity (Wildman–Crippen MR) is 179 cm³/mol. The quantitative estimate of drug-likeness (QED) is 0.208. The number of hydrogen-bond acceptors (Lipinski definition) is 8. The molecule has 0 unspecified atom stereocenters. The van der Waals surface area contributed by atoms with E-state index in [1.54, 1.807) is 28.4 Å². The number of benzene rings is 4. The first kappa shape index (κ1) is 31.6. The van der Waals surface area contributed by atoms with Gasteiger partial charge in [0.05, 0.1) is 28.4 Å². The van der Waals surface area contributed by atoms with E-state index in [0.717, 1.165) is 67.1 Å². The first-order valence-corrected chi connectivity index (χ1v) is 15.8. The van der Waals surface area contributed by atoms with Crippen molar-refractivity contribution in [2.45, 2.75) is 37.8 Å². The van der Waals surface area contributed by atoms with E-state index in [0.29, 0.717) is 17.2 Å². The Morgan fingerprint density at radius 1 is 0.587 bits per heavy atom. The van der Waals surface area contributed by atoms with Crippen molar-refractivity contribution in [3.05, 3.63) is 100 Å². The molecule has 0 aliphatic carbocycles. The highest BCUT2D eigenvalue weighted by Crippen LogP contribution is 2.41. The number of methoxy groups -OCH3 is 4. The molecule has 2 atom stereocenters. The van der Waals surface area contributed by atoms with Gasteiger partial charge in [-0.15, -0.1) is 0 Å². The van der Waals surface area contributed by atoms with Crippen LogP contribution in [0.15, 0.2) is 66.7 Å². The molecule has 2 aliphatic rings. The zero-order chi connectivity index (χ0) is 32.4. The molecule has 0 bridgehead atoms. The van der Waals surface area contributed by atoms with Crippen LogP contribution in [0.1, 0.15) is 45.5 Å². The van der Waals surface area contributed by atoms with Gasteiger partial charge in [-0.1, -0.05) is 18.2 Å². The topological polar surface area (TPSA) is 72.9 Å². The van der Waals surface area contributed by atoms with Gasteiger partial charge in [0.2, 0.25) is 0 Å². The molecule has 4 aromatic rings. The van der Waals surface area contributed by atoms with Crippen molar-refractivity contribution in [1.82, 2.24) is 9.80 Å². The van der Waals surface area contributed by atoms with Gasteiger partial charge < -0.3 is 28.8 Å². The van der Waals surface area contributed by atoms with Crippen LogP contribution < -0.4 is 23.7 Å². The van der Waals surface area contributed by atoms with E-state index in [-0.39, 0.29) is 17.8 Å². The summed E-state index contributed by atoms with van der Waals surface area (Å²) >= 11 is 0. The van der Waals surface area contributed by atoms with E-state index in [1.807, 2.05) is 30.3 Å². The highest BCUT2D eigenvalue weighted by atomic mass is 16.5. The van der Waals surface area contributed by atoms with Crippen LogP contribution in [0.4, 0.5) is 0 Å². The molecule has 0 fully saturated rings. The molecule has 1 N–H and O–H groups in total. The number of phenols is 1. The van der Waals surface area contributed by atoms with Gasteiger partial charge in [0.1, 0.15) is 5.75 Å². The van der Waals surface area contributed by atoms with Crippen LogP contribution in [-0.4, -0.2) is 70.5 Å². The molecule has 0 saturated carbocycles. The third-order valence-corrected chi connectivity index (χ3v) is 9.57. The van der Waals surface area contributed by atoms with Crippen LogP contribution in [0, 0.1) is 0 Å². The maximum atomic E-state index is 10.3. The number of rotatable bonds is 10. The summed E-state index contributed by atoms with van der Waals surface area (Å²) < 4.78 is 28.7. The Morgan fingerprint density at radius 3 is 1.72 bits per heavy atom. The molecule has 242 valence electrons. The van der Waals surface area contributed by atoms with E-state index in [2.05, 4.69) is 60.3 Å². The van der Waals surface area contributed by atoms with Gasteiger partial charge in [-0.05, 0) is 122 Å². The second kappa shape index (κ2) is 13.5. The highest BCUT2D eigenvalue weighted by molar-refractivity contribution is 5.51. The monoisotopic (exact) mass is 624 g/mol. The van der Waals surface area contributed by atoms with E-state index in [4.69, 9.17) is 23.7 Å². The summed E-state index contributed by atoms with van der Waals surface area (Å²) in [4.78, 5) is 4.77. The number of nitrogens with zero attached hydrogens (tertiary/aromatic N) is 2. The first-order chi connectivity index (χ1) is 22.3. The Labute approximate surface area is 272 Å². The zero-order valence-electron chi connectivity index (χ0n) is 27.6. The molecule has 8 nitrogen and oxygen atoms in total. The molecule has 0 aromatic heterocycles. The summed E-state index contributed by atoms with van der Waals surface area (Å²) in [5.74, 6) is 4.34. The third-order valence-electron chi connectivity index (χ3n) is 9.57. The summed E-state index contributed by atoms with van der Waals surface area (Å²) in [5, 5.41) is 10.3. The molecular weight excluding hydrogens is 580 g/mol. The van der Waals surface area contributed by atoms with Gasteiger partial charge >= 0.3 is 0 Å². The van der Waals surface area contributed by atoms with Crippen molar-refractivity contribution in [3.63, 3.8) is 0 Å². The molecule has 0 saturated heterocycles. The molecule has 8 heteroatoms. The SMILES string of the molecule is COc1cc2c(cc1O)CCN(C)[C@@H]2Cc1ccc(OC)c(Oc2ccc(C[C@@H]3c4cc(OC)c(OC)cc4CCN3C)cc2)c1. The van der Waals surface area contributed by atoms with Gasteiger partial charge in [0.25, 0.3) is 0 Å². The lowest BCUT2D eigenvalue weighted by Gasteiger charge is -2.35. The second-order valence-electron chi connectivity index (χ2n) is 12.3. The molecule has 6 rings (SSSR count). The van der Waals surface area contributed by atoms with Crippen LogP contribution in [0.25, 0.3) is 0 Å². The number of phenolic OH excluding ortho intramolecular Hbond substituents is 1. The van der Waals surface area contributed by atoms with Crippen molar-refractivity contribution in [2.75, 3.05) is 55.6 Å². The summed E-state index contributed by atoms with van der Waals surface area (Å²) in [5.41, 5.74) is 7.31. The maximum Gasteiger partial charge on any atom is 0.169 e. The van der Waals surface area contributed by atoms with Crippen LogP contribution in [0.2, 0.25) is 0 Å². The Hall–Kier alpha value is -4.40. The Morgan fingerprint density at radius 2 is 1.11 bits per heavy atom. The number of likely N-dealkylation sites (N-methyl/N-ethyl adjacent to an activating group) is 2. The molecule has 46 heavy (non-hydrogen) atoms. The second-order valence-corrected chi connectivity index (χ2v) is 12.3. The standard InChI is InChI=1S/C38H44N2O6/c1-39-16-14-27-21-36(44-5)37(45-6)23-30(27)31(39)17-24-7-10-28(11-8-24)46-38-19-25(9-12-34(38)42-3)18-32-29-22-35(43-4)33(41)20-26(29)13-15-40(32)2/h7-12,19-23,31-32,41H,13-18H2,1-6H3/t31-,32-/m1/s1. The van der Waals surface area contributed by atoms with E-state index < -0.39 is 0 Å². The van der Waals surface area contributed by atoms with E-state index >= 15 is 0 Å².